The van der Waals surface area contributed by atoms with Gasteiger partial charge in [0.05, 0.1) is 17.1 Å². The van der Waals surface area contributed by atoms with Crippen molar-refractivity contribution in [3.63, 3.8) is 0 Å². The molecule has 2 aromatic carbocycles. The topological polar surface area (TPSA) is 64.0 Å². The van der Waals surface area contributed by atoms with E-state index in [2.05, 4.69) is 10.4 Å². The molecule has 0 aliphatic rings. The van der Waals surface area contributed by atoms with Crippen LogP contribution in [0.5, 0.6) is 0 Å². The van der Waals surface area contributed by atoms with Crippen LogP contribution in [0, 0.1) is 0 Å². The van der Waals surface area contributed by atoms with Gasteiger partial charge in [-0.05, 0) is 29.8 Å². The first-order valence-corrected chi connectivity index (χ1v) is 8.42. The molecule has 0 atom stereocenters. The lowest BCUT2D eigenvalue weighted by Crippen LogP contribution is -2.26. The van der Waals surface area contributed by atoms with Crippen molar-refractivity contribution in [2.24, 2.45) is 0 Å². The number of benzene rings is 2. The number of rotatable bonds is 4. The summed E-state index contributed by atoms with van der Waals surface area (Å²) in [6, 6.07) is 14.4. The van der Waals surface area contributed by atoms with Gasteiger partial charge in [-0.25, -0.2) is 4.68 Å². The first-order chi connectivity index (χ1) is 13.2. The van der Waals surface area contributed by atoms with Crippen LogP contribution in [0.2, 0.25) is 5.02 Å². The van der Waals surface area contributed by atoms with Crippen LogP contribution >= 0.6 is 11.6 Å². The Morgan fingerprint density at radius 1 is 1.07 bits per heavy atom. The third-order valence-corrected chi connectivity index (χ3v) is 4.13. The standard InChI is InChI=1S/C19H13ClF3N3O2/c20-15-7-6-13(10-14(15)19(21,22)23)24-18(28)16-8-9-17(27)26(25-16)11-12-4-2-1-3-5-12/h1-10H,11H2,(H,24,28). The molecule has 0 fully saturated rings. The highest BCUT2D eigenvalue weighted by molar-refractivity contribution is 6.31. The Labute approximate surface area is 162 Å². The number of halogens is 4. The number of amides is 1. The van der Waals surface area contributed by atoms with Gasteiger partial charge in [0.1, 0.15) is 5.69 Å². The molecule has 28 heavy (non-hydrogen) atoms. The van der Waals surface area contributed by atoms with Crippen molar-refractivity contribution in [2.45, 2.75) is 12.7 Å². The van der Waals surface area contributed by atoms with E-state index in [1.54, 1.807) is 24.3 Å². The molecule has 144 valence electrons. The first-order valence-electron chi connectivity index (χ1n) is 8.04. The number of carbonyl (C=O) groups is 1. The van der Waals surface area contributed by atoms with Crippen LogP contribution in [-0.2, 0) is 12.7 Å². The van der Waals surface area contributed by atoms with E-state index < -0.39 is 28.2 Å². The Kier molecular flexibility index (Phi) is 5.51. The van der Waals surface area contributed by atoms with Gasteiger partial charge in [0.25, 0.3) is 11.5 Å². The van der Waals surface area contributed by atoms with E-state index in [9.17, 15) is 22.8 Å². The smallest absolute Gasteiger partial charge is 0.321 e. The van der Waals surface area contributed by atoms with Crippen molar-refractivity contribution in [3.05, 3.63) is 92.9 Å². The molecule has 0 aliphatic heterocycles. The van der Waals surface area contributed by atoms with Crippen molar-refractivity contribution in [1.29, 1.82) is 0 Å². The number of carbonyl (C=O) groups excluding carboxylic acids is 1. The van der Waals surface area contributed by atoms with Crippen molar-refractivity contribution < 1.29 is 18.0 Å². The number of nitrogens with zero attached hydrogens (tertiary/aromatic N) is 2. The van der Waals surface area contributed by atoms with Gasteiger partial charge in [-0.15, -0.1) is 0 Å². The summed E-state index contributed by atoms with van der Waals surface area (Å²) in [5, 5.41) is 5.86. The second kappa shape index (κ2) is 7.85. The van der Waals surface area contributed by atoms with Crippen LogP contribution in [0.15, 0.2) is 65.5 Å². The highest BCUT2D eigenvalue weighted by atomic mass is 35.5. The molecule has 0 saturated heterocycles. The first kappa shape index (κ1) is 19.6. The van der Waals surface area contributed by atoms with Gasteiger partial charge >= 0.3 is 6.18 Å². The van der Waals surface area contributed by atoms with E-state index >= 15 is 0 Å². The summed E-state index contributed by atoms with van der Waals surface area (Å²) in [5.74, 6) is -0.753. The summed E-state index contributed by atoms with van der Waals surface area (Å²) < 4.78 is 39.9. The second-order valence-corrected chi connectivity index (χ2v) is 6.25. The molecule has 1 amide bonds. The normalized spacial score (nSPS) is 11.3. The van der Waals surface area contributed by atoms with Gasteiger partial charge in [-0.1, -0.05) is 41.9 Å². The van der Waals surface area contributed by atoms with E-state index in [1.165, 1.54) is 18.2 Å². The SMILES string of the molecule is O=C(Nc1ccc(Cl)c(C(F)(F)F)c1)c1ccc(=O)n(Cc2ccccc2)n1. The van der Waals surface area contributed by atoms with E-state index in [4.69, 9.17) is 11.6 Å². The Morgan fingerprint density at radius 3 is 2.46 bits per heavy atom. The molecule has 0 bridgehead atoms. The predicted octanol–water partition coefficient (Wildman–Crippen LogP) is 4.22. The molecule has 0 aliphatic carbocycles. The summed E-state index contributed by atoms with van der Waals surface area (Å²) in [6.45, 7) is 0.153. The van der Waals surface area contributed by atoms with Crippen molar-refractivity contribution in [3.8, 4) is 0 Å². The minimum Gasteiger partial charge on any atom is -0.321 e. The van der Waals surface area contributed by atoms with E-state index in [-0.39, 0.29) is 17.9 Å². The van der Waals surface area contributed by atoms with E-state index in [0.717, 1.165) is 22.4 Å². The van der Waals surface area contributed by atoms with Crippen molar-refractivity contribution in [2.75, 3.05) is 5.32 Å². The lowest BCUT2D eigenvalue weighted by molar-refractivity contribution is -0.137. The second-order valence-electron chi connectivity index (χ2n) is 5.85. The van der Waals surface area contributed by atoms with Gasteiger partial charge < -0.3 is 5.32 Å². The average Bonchev–Trinajstić information content (AvgIpc) is 2.65. The van der Waals surface area contributed by atoms with Gasteiger partial charge in [-0.3, -0.25) is 9.59 Å². The fourth-order valence-corrected chi connectivity index (χ4v) is 2.68. The van der Waals surface area contributed by atoms with Crippen molar-refractivity contribution in [1.82, 2.24) is 9.78 Å². The number of alkyl halides is 3. The summed E-state index contributed by atoms with van der Waals surface area (Å²) in [7, 11) is 0. The lowest BCUT2D eigenvalue weighted by Gasteiger charge is -2.12. The third kappa shape index (κ3) is 4.58. The predicted molar refractivity (Wildman–Crippen MR) is 98.4 cm³/mol. The van der Waals surface area contributed by atoms with Crippen LogP contribution in [0.4, 0.5) is 18.9 Å². The Morgan fingerprint density at radius 2 is 1.79 bits per heavy atom. The maximum absolute atomic E-state index is 12.9. The molecule has 9 heteroatoms. The minimum absolute atomic E-state index is 0.0932. The molecular formula is C19H13ClF3N3O2. The fraction of sp³-hybridized carbons (Fsp3) is 0.105. The number of nitrogens with one attached hydrogen (secondary N) is 1. The summed E-state index contributed by atoms with van der Waals surface area (Å²) in [6.07, 6.45) is -4.65. The number of anilines is 1. The molecular weight excluding hydrogens is 395 g/mol. The highest BCUT2D eigenvalue weighted by Crippen LogP contribution is 2.36. The number of hydrogen-bond donors (Lipinski definition) is 1. The highest BCUT2D eigenvalue weighted by Gasteiger charge is 2.33. The largest absolute Gasteiger partial charge is 0.417 e. The summed E-state index contributed by atoms with van der Waals surface area (Å²) in [5.41, 5.74) is -0.870. The van der Waals surface area contributed by atoms with Gasteiger partial charge in [0, 0.05) is 11.8 Å². The van der Waals surface area contributed by atoms with Gasteiger partial charge in [0.15, 0.2) is 0 Å². The number of aromatic nitrogens is 2. The monoisotopic (exact) mass is 407 g/mol. The molecule has 0 saturated carbocycles. The van der Waals surface area contributed by atoms with Crippen LogP contribution < -0.4 is 10.9 Å². The molecule has 1 aromatic heterocycles. The van der Waals surface area contributed by atoms with Crippen LogP contribution in [0.1, 0.15) is 21.6 Å². The van der Waals surface area contributed by atoms with Crippen LogP contribution in [0.3, 0.4) is 0 Å². The Bertz CT molecular complexity index is 1070. The molecule has 1 N–H and O–H groups in total. The molecule has 5 nitrogen and oxygen atoms in total. The van der Waals surface area contributed by atoms with Gasteiger partial charge in [0.2, 0.25) is 0 Å². The zero-order chi connectivity index (χ0) is 20.3. The molecule has 3 rings (SSSR count). The lowest BCUT2D eigenvalue weighted by atomic mass is 10.2. The molecule has 3 aromatic rings. The summed E-state index contributed by atoms with van der Waals surface area (Å²) in [4.78, 5) is 24.4. The Hall–Kier alpha value is -3.13. The maximum Gasteiger partial charge on any atom is 0.417 e. The quantitative estimate of drug-likeness (QED) is 0.704. The summed E-state index contributed by atoms with van der Waals surface area (Å²) >= 11 is 5.57. The maximum atomic E-state index is 12.9. The van der Waals surface area contributed by atoms with Crippen LogP contribution in [-0.4, -0.2) is 15.7 Å². The fourth-order valence-electron chi connectivity index (χ4n) is 2.46. The minimum atomic E-state index is -4.65. The van der Waals surface area contributed by atoms with E-state index in [1.807, 2.05) is 6.07 Å². The Balaban J connectivity index is 1.84. The number of hydrogen-bond acceptors (Lipinski definition) is 3. The van der Waals surface area contributed by atoms with Crippen LogP contribution in [0.25, 0.3) is 0 Å². The van der Waals surface area contributed by atoms with Gasteiger partial charge in [-0.2, -0.15) is 18.3 Å². The average molecular weight is 408 g/mol. The molecule has 0 radical (unpaired) electrons. The van der Waals surface area contributed by atoms with E-state index in [0.29, 0.717) is 0 Å². The molecule has 0 spiro atoms. The zero-order valence-corrected chi connectivity index (χ0v) is 15.0. The van der Waals surface area contributed by atoms with Crippen molar-refractivity contribution >= 4 is 23.2 Å². The molecule has 1 heterocycles. The zero-order valence-electron chi connectivity index (χ0n) is 14.2. The molecule has 0 unspecified atom stereocenters. The third-order valence-electron chi connectivity index (χ3n) is 3.80.